The highest BCUT2D eigenvalue weighted by Gasteiger charge is 2.19. The molecule has 1 atom stereocenters. The molecular weight excluding hydrogens is 913 g/mol. The van der Waals surface area contributed by atoms with Gasteiger partial charge in [0.1, 0.15) is 13.2 Å². The number of unbranched alkanes of at least 4 members (excludes halogenated alkanes) is 38. The van der Waals surface area contributed by atoms with Gasteiger partial charge in [-0.15, -0.1) is 0 Å². The Bertz CT molecular complexity index is 1330. The maximum absolute atomic E-state index is 12.8. The smallest absolute Gasteiger partial charge is 0.306 e. The van der Waals surface area contributed by atoms with Crippen molar-refractivity contribution in [3.63, 3.8) is 0 Å². The Balaban J connectivity index is 3.92. The van der Waals surface area contributed by atoms with Gasteiger partial charge in [-0.2, -0.15) is 0 Å². The molecule has 0 saturated carbocycles. The van der Waals surface area contributed by atoms with Crippen LogP contribution in [0.2, 0.25) is 0 Å². The molecule has 0 amide bonds. The molecule has 0 saturated heterocycles. The van der Waals surface area contributed by atoms with E-state index < -0.39 is 6.10 Å². The molecular formula is C68H122O6. The minimum Gasteiger partial charge on any atom is -0.462 e. The average Bonchev–Trinajstić information content (AvgIpc) is 3.40. The van der Waals surface area contributed by atoms with E-state index in [2.05, 4.69) is 81.5 Å². The summed E-state index contributed by atoms with van der Waals surface area (Å²) in [6, 6.07) is 0. The fourth-order valence-corrected chi connectivity index (χ4v) is 9.43. The van der Waals surface area contributed by atoms with Gasteiger partial charge in [-0.25, -0.2) is 0 Å². The molecule has 1 unspecified atom stereocenters. The third-order valence-corrected chi connectivity index (χ3v) is 14.3. The highest BCUT2D eigenvalue weighted by atomic mass is 16.6. The van der Waals surface area contributed by atoms with Gasteiger partial charge >= 0.3 is 17.9 Å². The van der Waals surface area contributed by atoms with Crippen molar-refractivity contribution in [2.75, 3.05) is 13.2 Å². The van der Waals surface area contributed by atoms with Crippen LogP contribution in [0.5, 0.6) is 0 Å². The van der Waals surface area contributed by atoms with E-state index in [1.54, 1.807) is 0 Å². The van der Waals surface area contributed by atoms with Gasteiger partial charge in [0.25, 0.3) is 0 Å². The van der Waals surface area contributed by atoms with Gasteiger partial charge in [0, 0.05) is 19.3 Å². The number of hydrogen-bond acceptors (Lipinski definition) is 6. The summed E-state index contributed by atoms with van der Waals surface area (Å²) >= 11 is 0. The van der Waals surface area contributed by atoms with Crippen molar-refractivity contribution >= 4 is 17.9 Å². The van der Waals surface area contributed by atoms with Crippen molar-refractivity contribution in [3.8, 4) is 0 Å². The maximum Gasteiger partial charge on any atom is 0.306 e. The van der Waals surface area contributed by atoms with Crippen LogP contribution in [-0.2, 0) is 28.6 Å². The number of allylic oxidation sites excluding steroid dienone is 10. The fourth-order valence-electron chi connectivity index (χ4n) is 9.43. The number of rotatable bonds is 59. The Hall–Kier alpha value is -2.89. The second-order valence-electron chi connectivity index (χ2n) is 21.6. The summed E-state index contributed by atoms with van der Waals surface area (Å²) in [5.41, 5.74) is 0. The molecule has 0 spiro atoms. The van der Waals surface area contributed by atoms with Crippen LogP contribution in [-0.4, -0.2) is 37.2 Å². The lowest BCUT2D eigenvalue weighted by atomic mass is 10.0. The van der Waals surface area contributed by atoms with Crippen LogP contribution in [0.1, 0.15) is 335 Å². The molecule has 0 N–H and O–H groups in total. The quantitative estimate of drug-likeness (QED) is 0.0261. The monoisotopic (exact) mass is 1030 g/mol. The van der Waals surface area contributed by atoms with E-state index in [9.17, 15) is 14.4 Å². The van der Waals surface area contributed by atoms with E-state index in [-0.39, 0.29) is 31.1 Å². The van der Waals surface area contributed by atoms with Gasteiger partial charge in [0.15, 0.2) is 6.10 Å². The summed E-state index contributed by atoms with van der Waals surface area (Å²) in [4.78, 5) is 38.0. The topological polar surface area (TPSA) is 78.9 Å². The lowest BCUT2D eigenvalue weighted by molar-refractivity contribution is -0.167. The lowest BCUT2D eigenvalue weighted by Crippen LogP contribution is -2.30. The predicted octanol–water partition coefficient (Wildman–Crippen LogP) is 21.9. The van der Waals surface area contributed by atoms with E-state index in [1.807, 2.05) is 0 Å². The van der Waals surface area contributed by atoms with Crippen LogP contribution in [0.15, 0.2) is 60.8 Å². The summed E-state index contributed by atoms with van der Waals surface area (Å²) in [5, 5.41) is 0. The fraction of sp³-hybridized carbons (Fsp3) is 0.809. The minimum absolute atomic E-state index is 0.0720. The third kappa shape index (κ3) is 60.0. The number of carbonyl (C=O) groups excluding carboxylic acids is 3. The summed E-state index contributed by atoms with van der Waals surface area (Å²) in [6.45, 7) is 6.50. The molecule has 0 aromatic carbocycles. The molecule has 0 bridgehead atoms. The van der Waals surface area contributed by atoms with Crippen molar-refractivity contribution in [2.45, 2.75) is 341 Å². The second kappa shape index (κ2) is 62.6. The Labute approximate surface area is 460 Å². The van der Waals surface area contributed by atoms with Crippen molar-refractivity contribution in [2.24, 2.45) is 0 Å². The molecule has 0 heterocycles. The first-order valence-electron chi connectivity index (χ1n) is 32.3. The number of esters is 3. The Morgan fingerprint density at radius 1 is 0.284 bits per heavy atom. The Morgan fingerprint density at radius 3 is 0.838 bits per heavy atom. The summed E-state index contributed by atoms with van der Waals surface area (Å²) in [6.07, 6.45) is 79.9. The second-order valence-corrected chi connectivity index (χ2v) is 21.6. The zero-order chi connectivity index (χ0) is 53.6. The van der Waals surface area contributed by atoms with Crippen LogP contribution < -0.4 is 0 Å². The lowest BCUT2D eigenvalue weighted by Gasteiger charge is -2.18. The molecule has 6 heteroatoms. The van der Waals surface area contributed by atoms with Gasteiger partial charge in [0.05, 0.1) is 0 Å². The van der Waals surface area contributed by atoms with E-state index in [0.717, 1.165) is 89.9 Å². The first kappa shape index (κ1) is 71.1. The zero-order valence-electron chi connectivity index (χ0n) is 49.4. The summed E-state index contributed by atoms with van der Waals surface area (Å²) in [7, 11) is 0. The van der Waals surface area contributed by atoms with Crippen molar-refractivity contribution in [1.29, 1.82) is 0 Å². The third-order valence-electron chi connectivity index (χ3n) is 14.3. The molecule has 0 aromatic rings. The molecule has 74 heavy (non-hydrogen) atoms. The van der Waals surface area contributed by atoms with Crippen molar-refractivity contribution in [3.05, 3.63) is 60.8 Å². The van der Waals surface area contributed by atoms with E-state index in [0.29, 0.717) is 19.3 Å². The Morgan fingerprint density at radius 2 is 0.527 bits per heavy atom. The molecule has 0 radical (unpaired) electrons. The van der Waals surface area contributed by atoms with E-state index >= 15 is 0 Å². The van der Waals surface area contributed by atoms with Gasteiger partial charge in [-0.3, -0.25) is 14.4 Å². The Kier molecular flexibility index (Phi) is 60.2. The van der Waals surface area contributed by atoms with Crippen LogP contribution in [0, 0.1) is 0 Å². The SMILES string of the molecule is CC/C=C\C/C=C\C/C=C\C/C=C\CCCCCCCCCCCCCCCCCCCCCCCCC(=O)OCC(COC(=O)CCCCCCCCC)OC(=O)CCCCCCC/C=C\CCCCCCC. The van der Waals surface area contributed by atoms with Crippen LogP contribution in [0.4, 0.5) is 0 Å². The maximum atomic E-state index is 12.8. The van der Waals surface area contributed by atoms with Gasteiger partial charge in [-0.1, -0.05) is 293 Å². The highest BCUT2D eigenvalue weighted by molar-refractivity contribution is 5.71. The first-order chi connectivity index (χ1) is 36.5. The largest absolute Gasteiger partial charge is 0.462 e. The zero-order valence-corrected chi connectivity index (χ0v) is 49.4. The van der Waals surface area contributed by atoms with Gasteiger partial charge < -0.3 is 14.2 Å². The number of carbonyl (C=O) groups is 3. The summed E-state index contributed by atoms with van der Waals surface area (Å²) in [5.74, 6) is -0.871. The molecule has 0 aliphatic heterocycles. The standard InChI is InChI=1S/C68H122O6/c1-4-7-10-13-16-18-20-22-24-25-26-27-28-29-30-31-32-33-34-35-36-37-38-39-40-41-42-43-44-46-47-49-52-55-58-61-67(70)73-64-65(63-72-66(69)60-57-54-51-15-12-9-6-3)74-68(71)62-59-56-53-50-48-45-23-21-19-17-14-11-8-5-2/h7,10,16,18,21-24,26-27,65H,4-6,8-9,11-15,17,19-20,25,28-64H2,1-3H3/b10-7-,18-16-,23-21-,24-22-,27-26-. The van der Waals surface area contributed by atoms with Gasteiger partial charge in [-0.05, 0) is 83.5 Å². The molecule has 430 valence electrons. The van der Waals surface area contributed by atoms with Crippen molar-refractivity contribution in [1.82, 2.24) is 0 Å². The predicted molar refractivity (Wildman–Crippen MR) is 321 cm³/mol. The summed E-state index contributed by atoms with van der Waals surface area (Å²) < 4.78 is 16.8. The molecule has 0 aliphatic carbocycles. The van der Waals surface area contributed by atoms with E-state index in [4.69, 9.17) is 14.2 Å². The number of hydrogen-bond donors (Lipinski definition) is 0. The first-order valence-corrected chi connectivity index (χ1v) is 32.3. The van der Waals surface area contributed by atoms with E-state index in [1.165, 1.54) is 205 Å². The molecule has 0 fully saturated rings. The van der Waals surface area contributed by atoms with Crippen molar-refractivity contribution < 1.29 is 28.6 Å². The minimum atomic E-state index is -0.771. The average molecular weight is 1040 g/mol. The molecule has 6 nitrogen and oxygen atoms in total. The normalized spacial score (nSPS) is 12.4. The molecule has 0 aliphatic rings. The van der Waals surface area contributed by atoms with Crippen LogP contribution >= 0.6 is 0 Å². The van der Waals surface area contributed by atoms with Gasteiger partial charge in [0.2, 0.25) is 0 Å². The molecule has 0 rings (SSSR count). The highest BCUT2D eigenvalue weighted by Crippen LogP contribution is 2.17. The number of ether oxygens (including phenoxy) is 3. The van der Waals surface area contributed by atoms with Crippen LogP contribution in [0.3, 0.4) is 0 Å². The molecule has 0 aromatic heterocycles. The van der Waals surface area contributed by atoms with Crippen LogP contribution in [0.25, 0.3) is 0 Å².